The summed E-state index contributed by atoms with van der Waals surface area (Å²) in [6.07, 6.45) is 0. The van der Waals surface area contributed by atoms with Gasteiger partial charge in [-0.1, -0.05) is 42.0 Å². The minimum absolute atomic E-state index is 0.118. The van der Waals surface area contributed by atoms with Gasteiger partial charge in [0.2, 0.25) is 0 Å². The molecule has 0 fully saturated rings. The number of Topliss-reactive ketones (excluding diaryl/α,β-unsaturated/α-hetero) is 1. The second-order valence-electron chi connectivity index (χ2n) is 4.36. The number of carbonyl (C=O) groups excluding carboxylic acids is 1. The van der Waals surface area contributed by atoms with E-state index in [1.165, 1.54) is 11.1 Å². The Balaban J connectivity index is 2.04. The zero-order chi connectivity index (χ0) is 13.0. The van der Waals surface area contributed by atoms with E-state index >= 15 is 0 Å². The lowest BCUT2D eigenvalue weighted by Crippen LogP contribution is -1.91. The summed E-state index contributed by atoms with van der Waals surface area (Å²) >= 11 is 1.76. The summed E-state index contributed by atoms with van der Waals surface area (Å²) in [7, 11) is 0. The van der Waals surface area contributed by atoms with Crippen molar-refractivity contribution in [2.75, 3.05) is 0 Å². The molecular weight excluding hydrogens is 240 g/mol. The first-order valence-electron chi connectivity index (χ1n) is 5.94. The molecule has 2 rings (SSSR count). The van der Waals surface area contributed by atoms with E-state index in [1.807, 2.05) is 24.3 Å². The maximum Gasteiger partial charge on any atom is 0.159 e. The molecule has 0 aliphatic rings. The van der Waals surface area contributed by atoms with Crippen LogP contribution in [-0.2, 0) is 5.75 Å². The van der Waals surface area contributed by atoms with Crippen LogP contribution in [0.3, 0.4) is 0 Å². The summed E-state index contributed by atoms with van der Waals surface area (Å²) in [6.45, 7) is 3.69. The predicted molar refractivity (Wildman–Crippen MR) is 77.2 cm³/mol. The molecule has 0 unspecified atom stereocenters. The molecule has 0 spiro atoms. The van der Waals surface area contributed by atoms with E-state index < -0.39 is 0 Å². The molecule has 2 aromatic rings. The third kappa shape index (κ3) is 3.47. The second kappa shape index (κ2) is 5.87. The van der Waals surface area contributed by atoms with Gasteiger partial charge in [-0.15, -0.1) is 11.8 Å². The molecule has 0 N–H and O–H groups in total. The van der Waals surface area contributed by atoms with Gasteiger partial charge in [0.25, 0.3) is 0 Å². The molecule has 0 amide bonds. The SMILES string of the molecule is CC(=O)c1cccc(SCc2ccc(C)cc2)c1. The molecule has 18 heavy (non-hydrogen) atoms. The van der Waals surface area contributed by atoms with E-state index in [0.29, 0.717) is 0 Å². The van der Waals surface area contributed by atoms with Crippen molar-refractivity contribution in [3.8, 4) is 0 Å². The van der Waals surface area contributed by atoms with Gasteiger partial charge < -0.3 is 0 Å². The summed E-state index contributed by atoms with van der Waals surface area (Å²) in [5.74, 6) is 1.05. The lowest BCUT2D eigenvalue weighted by atomic mass is 10.2. The number of benzene rings is 2. The first-order valence-corrected chi connectivity index (χ1v) is 6.93. The quantitative estimate of drug-likeness (QED) is 0.592. The van der Waals surface area contributed by atoms with Gasteiger partial charge in [-0.25, -0.2) is 0 Å². The van der Waals surface area contributed by atoms with Gasteiger partial charge in [0, 0.05) is 16.2 Å². The average molecular weight is 256 g/mol. The monoisotopic (exact) mass is 256 g/mol. The fraction of sp³-hybridized carbons (Fsp3) is 0.188. The second-order valence-corrected chi connectivity index (χ2v) is 5.41. The van der Waals surface area contributed by atoms with Crippen molar-refractivity contribution in [2.24, 2.45) is 0 Å². The molecule has 0 bridgehead atoms. The smallest absolute Gasteiger partial charge is 0.159 e. The van der Waals surface area contributed by atoms with E-state index in [-0.39, 0.29) is 5.78 Å². The largest absolute Gasteiger partial charge is 0.295 e. The molecule has 1 nitrogen and oxygen atoms in total. The minimum atomic E-state index is 0.118. The molecule has 0 saturated carbocycles. The summed E-state index contributed by atoms with van der Waals surface area (Å²) in [6, 6.07) is 16.4. The van der Waals surface area contributed by atoms with Crippen molar-refractivity contribution in [3.05, 3.63) is 65.2 Å². The Kier molecular flexibility index (Phi) is 4.21. The highest BCUT2D eigenvalue weighted by Gasteiger charge is 2.01. The summed E-state index contributed by atoms with van der Waals surface area (Å²) in [5, 5.41) is 0. The number of hydrogen-bond acceptors (Lipinski definition) is 2. The van der Waals surface area contributed by atoms with Crippen molar-refractivity contribution in [1.29, 1.82) is 0 Å². The maximum atomic E-state index is 11.3. The highest BCUT2D eigenvalue weighted by atomic mass is 32.2. The zero-order valence-corrected chi connectivity index (χ0v) is 11.5. The molecule has 92 valence electrons. The Morgan fingerprint density at radius 2 is 1.83 bits per heavy atom. The van der Waals surface area contributed by atoms with Crippen LogP contribution < -0.4 is 0 Å². The topological polar surface area (TPSA) is 17.1 Å². The van der Waals surface area contributed by atoms with Gasteiger partial charge in [-0.05, 0) is 31.5 Å². The molecule has 0 aliphatic heterocycles. The Labute approximate surface area is 112 Å². The number of carbonyl (C=O) groups is 1. The Hall–Kier alpha value is -1.54. The van der Waals surface area contributed by atoms with Crippen LogP contribution in [0.2, 0.25) is 0 Å². The van der Waals surface area contributed by atoms with Crippen LogP contribution in [0.5, 0.6) is 0 Å². The van der Waals surface area contributed by atoms with Crippen molar-refractivity contribution in [3.63, 3.8) is 0 Å². The predicted octanol–water partition coefficient (Wildman–Crippen LogP) is 4.49. The lowest BCUT2D eigenvalue weighted by Gasteiger charge is -2.04. The normalized spacial score (nSPS) is 10.3. The molecule has 0 atom stereocenters. The minimum Gasteiger partial charge on any atom is -0.295 e. The number of ketones is 1. The Bertz CT molecular complexity index is 543. The van der Waals surface area contributed by atoms with E-state index in [2.05, 4.69) is 31.2 Å². The van der Waals surface area contributed by atoms with Gasteiger partial charge in [-0.2, -0.15) is 0 Å². The number of aryl methyl sites for hydroxylation is 1. The molecule has 0 aromatic heterocycles. The molecule has 0 saturated heterocycles. The lowest BCUT2D eigenvalue weighted by molar-refractivity contribution is 0.101. The van der Waals surface area contributed by atoms with Crippen molar-refractivity contribution < 1.29 is 4.79 Å². The summed E-state index contributed by atoms with van der Waals surface area (Å²) in [5.41, 5.74) is 3.37. The fourth-order valence-corrected chi connectivity index (χ4v) is 2.57. The Morgan fingerprint density at radius 3 is 2.50 bits per heavy atom. The van der Waals surface area contributed by atoms with E-state index in [0.717, 1.165) is 16.2 Å². The maximum absolute atomic E-state index is 11.3. The molecular formula is C16H16OS. The number of rotatable bonds is 4. The molecule has 0 heterocycles. The third-order valence-electron chi connectivity index (χ3n) is 2.77. The van der Waals surface area contributed by atoms with Crippen LogP contribution in [0.15, 0.2) is 53.4 Å². The van der Waals surface area contributed by atoms with Crippen LogP contribution in [0, 0.1) is 6.92 Å². The third-order valence-corrected chi connectivity index (χ3v) is 3.83. The number of hydrogen-bond donors (Lipinski definition) is 0. The first-order chi connectivity index (χ1) is 8.65. The van der Waals surface area contributed by atoms with Crippen molar-refractivity contribution in [1.82, 2.24) is 0 Å². The van der Waals surface area contributed by atoms with E-state index in [4.69, 9.17) is 0 Å². The fourth-order valence-electron chi connectivity index (χ4n) is 1.66. The van der Waals surface area contributed by atoms with E-state index in [9.17, 15) is 4.79 Å². The van der Waals surface area contributed by atoms with Gasteiger partial charge >= 0.3 is 0 Å². The van der Waals surface area contributed by atoms with Crippen LogP contribution in [0.25, 0.3) is 0 Å². The van der Waals surface area contributed by atoms with Gasteiger partial charge in [0.05, 0.1) is 0 Å². The zero-order valence-electron chi connectivity index (χ0n) is 10.6. The van der Waals surface area contributed by atoms with Crippen LogP contribution in [-0.4, -0.2) is 5.78 Å². The number of thioether (sulfide) groups is 1. The molecule has 0 aliphatic carbocycles. The highest BCUT2D eigenvalue weighted by Crippen LogP contribution is 2.23. The van der Waals surface area contributed by atoms with E-state index in [1.54, 1.807) is 18.7 Å². The van der Waals surface area contributed by atoms with Crippen LogP contribution in [0.4, 0.5) is 0 Å². The molecule has 0 radical (unpaired) electrons. The van der Waals surface area contributed by atoms with Gasteiger partial charge in [-0.3, -0.25) is 4.79 Å². The Morgan fingerprint density at radius 1 is 1.11 bits per heavy atom. The van der Waals surface area contributed by atoms with Crippen LogP contribution in [0.1, 0.15) is 28.4 Å². The first kappa shape index (κ1) is 12.9. The van der Waals surface area contributed by atoms with Crippen LogP contribution >= 0.6 is 11.8 Å². The molecule has 2 aromatic carbocycles. The standard InChI is InChI=1S/C16H16OS/c1-12-6-8-14(9-7-12)11-18-16-5-3-4-15(10-16)13(2)17/h3-10H,11H2,1-2H3. The van der Waals surface area contributed by atoms with Gasteiger partial charge in [0.1, 0.15) is 0 Å². The summed E-state index contributed by atoms with van der Waals surface area (Å²) in [4.78, 5) is 12.4. The summed E-state index contributed by atoms with van der Waals surface area (Å²) < 4.78 is 0. The van der Waals surface area contributed by atoms with Gasteiger partial charge in [0.15, 0.2) is 5.78 Å². The van der Waals surface area contributed by atoms with Crippen molar-refractivity contribution >= 4 is 17.5 Å². The van der Waals surface area contributed by atoms with Crippen molar-refractivity contribution in [2.45, 2.75) is 24.5 Å². The highest BCUT2D eigenvalue weighted by molar-refractivity contribution is 7.98. The molecule has 2 heteroatoms. The average Bonchev–Trinajstić information content (AvgIpc) is 2.38.